The van der Waals surface area contributed by atoms with Crippen LogP contribution < -0.4 is 0 Å². The van der Waals surface area contributed by atoms with Gasteiger partial charge in [-0.3, -0.25) is 9.78 Å². The van der Waals surface area contributed by atoms with E-state index in [0.29, 0.717) is 32.5 Å². The zero-order valence-corrected chi connectivity index (χ0v) is 15.5. The zero-order valence-electron chi connectivity index (χ0n) is 15.5. The molecule has 1 amide bonds. The molecule has 6 heteroatoms. The van der Waals surface area contributed by atoms with Gasteiger partial charge in [-0.05, 0) is 36.2 Å². The topological polar surface area (TPSA) is 60.2 Å². The van der Waals surface area contributed by atoms with E-state index in [9.17, 15) is 4.79 Å². The van der Waals surface area contributed by atoms with Gasteiger partial charge in [-0.25, -0.2) is 4.68 Å². The molecule has 0 atom stereocenters. The maximum atomic E-state index is 12.7. The van der Waals surface area contributed by atoms with E-state index in [1.54, 1.807) is 18.2 Å². The van der Waals surface area contributed by atoms with Gasteiger partial charge in [0.2, 0.25) is 5.91 Å². The van der Waals surface area contributed by atoms with Crippen LogP contribution in [0.3, 0.4) is 0 Å². The highest BCUT2D eigenvalue weighted by atomic mass is 16.5. The van der Waals surface area contributed by atoms with E-state index in [4.69, 9.17) is 4.74 Å². The van der Waals surface area contributed by atoms with E-state index in [-0.39, 0.29) is 5.91 Å². The molecule has 3 rings (SSSR count). The number of rotatable bonds is 9. The summed E-state index contributed by atoms with van der Waals surface area (Å²) < 4.78 is 6.98. The van der Waals surface area contributed by atoms with E-state index < -0.39 is 0 Å². The molecular formula is C21H24N4O2. The van der Waals surface area contributed by atoms with Crippen molar-refractivity contribution in [3.8, 4) is 5.69 Å². The number of ether oxygens (including phenoxy) is 1. The lowest BCUT2D eigenvalue weighted by Crippen LogP contribution is -2.33. The Morgan fingerprint density at radius 2 is 1.96 bits per heavy atom. The SMILES string of the molecule is COCCN(Cc1ccccn1)C(=O)CCc1cnn(-c2ccccc2)c1. The molecule has 6 nitrogen and oxygen atoms in total. The number of nitrogens with zero attached hydrogens (tertiary/aromatic N) is 4. The average Bonchev–Trinajstić information content (AvgIpc) is 3.20. The normalized spacial score (nSPS) is 10.7. The fraction of sp³-hybridized carbons (Fsp3) is 0.286. The summed E-state index contributed by atoms with van der Waals surface area (Å²) in [6.45, 7) is 1.55. The summed E-state index contributed by atoms with van der Waals surface area (Å²) in [5, 5.41) is 4.39. The highest BCUT2D eigenvalue weighted by Crippen LogP contribution is 2.11. The van der Waals surface area contributed by atoms with E-state index in [1.807, 2.05) is 65.6 Å². The molecule has 0 aliphatic heterocycles. The molecule has 3 aromatic rings. The van der Waals surface area contributed by atoms with Gasteiger partial charge in [-0.15, -0.1) is 0 Å². The lowest BCUT2D eigenvalue weighted by molar-refractivity contribution is -0.132. The fourth-order valence-corrected chi connectivity index (χ4v) is 2.80. The van der Waals surface area contributed by atoms with Crippen molar-refractivity contribution in [2.24, 2.45) is 0 Å². The molecule has 0 unspecified atom stereocenters. The Bertz CT molecular complexity index is 834. The first-order chi connectivity index (χ1) is 13.3. The first kappa shape index (κ1) is 18.8. The van der Waals surface area contributed by atoms with Gasteiger partial charge in [0.1, 0.15) is 0 Å². The molecule has 0 aliphatic rings. The lowest BCUT2D eigenvalue weighted by Gasteiger charge is -2.22. The largest absolute Gasteiger partial charge is 0.383 e. The van der Waals surface area contributed by atoms with Crippen LogP contribution in [0.5, 0.6) is 0 Å². The van der Waals surface area contributed by atoms with Crippen molar-refractivity contribution in [1.29, 1.82) is 0 Å². The van der Waals surface area contributed by atoms with Gasteiger partial charge in [0.05, 0.1) is 30.7 Å². The molecule has 0 saturated heterocycles. The van der Waals surface area contributed by atoms with Crippen LogP contribution in [0.1, 0.15) is 17.7 Å². The van der Waals surface area contributed by atoms with Crippen molar-refractivity contribution in [2.75, 3.05) is 20.3 Å². The van der Waals surface area contributed by atoms with Crippen LogP contribution in [-0.4, -0.2) is 45.8 Å². The van der Waals surface area contributed by atoms with Crippen LogP contribution in [0.25, 0.3) is 5.69 Å². The zero-order chi connectivity index (χ0) is 18.9. The summed E-state index contributed by atoms with van der Waals surface area (Å²) in [5.74, 6) is 0.0881. The second kappa shape index (κ2) is 9.64. The number of carbonyl (C=O) groups excluding carboxylic acids is 1. The Hall–Kier alpha value is -2.99. The maximum Gasteiger partial charge on any atom is 0.223 e. The fourth-order valence-electron chi connectivity index (χ4n) is 2.80. The van der Waals surface area contributed by atoms with Crippen LogP contribution >= 0.6 is 0 Å². The maximum absolute atomic E-state index is 12.7. The Labute approximate surface area is 159 Å². The van der Waals surface area contributed by atoms with Crippen LogP contribution in [0, 0.1) is 0 Å². The van der Waals surface area contributed by atoms with Gasteiger partial charge in [0.15, 0.2) is 0 Å². The third-order valence-corrected chi connectivity index (χ3v) is 4.28. The average molecular weight is 364 g/mol. The van der Waals surface area contributed by atoms with Crippen molar-refractivity contribution in [3.63, 3.8) is 0 Å². The molecule has 0 fully saturated rings. The van der Waals surface area contributed by atoms with Crippen LogP contribution in [-0.2, 0) is 22.5 Å². The number of hydrogen-bond donors (Lipinski definition) is 0. The van der Waals surface area contributed by atoms with E-state index in [2.05, 4.69) is 10.1 Å². The van der Waals surface area contributed by atoms with Crippen molar-refractivity contribution < 1.29 is 9.53 Å². The molecule has 0 aliphatic carbocycles. The van der Waals surface area contributed by atoms with Crippen LogP contribution in [0.2, 0.25) is 0 Å². The number of pyridine rings is 1. The van der Waals surface area contributed by atoms with Gasteiger partial charge in [0.25, 0.3) is 0 Å². The number of aryl methyl sites for hydroxylation is 1. The molecule has 2 aromatic heterocycles. The highest BCUT2D eigenvalue weighted by Gasteiger charge is 2.15. The summed E-state index contributed by atoms with van der Waals surface area (Å²) in [6.07, 6.45) is 6.61. The molecule has 27 heavy (non-hydrogen) atoms. The predicted molar refractivity (Wildman–Crippen MR) is 103 cm³/mol. The highest BCUT2D eigenvalue weighted by molar-refractivity contribution is 5.76. The number of para-hydroxylation sites is 1. The summed E-state index contributed by atoms with van der Waals surface area (Å²) in [4.78, 5) is 18.8. The number of carbonyl (C=O) groups is 1. The minimum atomic E-state index is 0.0881. The van der Waals surface area contributed by atoms with Gasteiger partial charge in [-0.1, -0.05) is 24.3 Å². The first-order valence-electron chi connectivity index (χ1n) is 9.02. The Balaban J connectivity index is 1.59. The van der Waals surface area contributed by atoms with Gasteiger partial charge in [-0.2, -0.15) is 5.10 Å². The minimum Gasteiger partial charge on any atom is -0.383 e. The van der Waals surface area contributed by atoms with Crippen molar-refractivity contribution >= 4 is 5.91 Å². The number of hydrogen-bond acceptors (Lipinski definition) is 4. The summed E-state index contributed by atoms with van der Waals surface area (Å²) >= 11 is 0. The third kappa shape index (κ3) is 5.49. The van der Waals surface area contributed by atoms with Crippen molar-refractivity contribution in [3.05, 3.63) is 78.4 Å². The second-order valence-electron chi connectivity index (χ2n) is 6.26. The number of benzene rings is 1. The van der Waals surface area contributed by atoms with Gasteiger partial charge >= 0.3 is 0 Å². The van der Waals surface area contributed by atoms with E-state index >= 15 is 0 Å². The minimum absolute atomic E-state index is 0.0881. The summed E-state index contributed by atoms with van der Waals surface area (Å²) in [5.41, 5.74) is 2.92. The molecule has 0 spiro atoms. The Morgan fingerprint density at radius 3 is 2.70 bits per heavy atom. The summed E-state index contributed by atoms with van der Waals surface area (Å²) in [7, 11) is 1.64. The molecule has 0 N–H and O–H groups in total. The van der Waals surface area contributed by atoms with Gasteiger partial charge < -0.3 is 9.64 Å². The number of aromatic nitrogens is 3. The van der Waals surface area contributed by atoms with E-state index in [0.717, 1.165) is 16.9 Å². The van der Waals surface area contributed by atoms with Crippen LogP contribution in [0.4, 0.5) is 0 Å². The molecule has 2 heterocycles. The molecular weight excluding hydrogens is 340 g/mol. The number of amides is 1. The molecule has 0 radical (unpaired) electrons. The molecule has 140 valence electrons. The van der Waals surface area contributed by atoms with Crippen molar-refractivity contribution in [2.45, 2.75) is 19.4 Å². The third-order valence-electron chi connectivity index (χ3n) is 4.28. The second-order valence-corrected chi connectivity index (χ2v) is 6.26. The standard InChI is InChI=1S/C21H24N4O2/c1-27-14-13-24(17-19-7-5-6-12-22-19)21(26)11-10-18-15-23-25(16-18)20-8-3-2-4-9-20/h2-9,12,15-16H,10-11,13-14,17H2,1H3. The first-order valence-corrected chi connectivity index (χ1v) is 9.02. The lowest BCUT2D eigenvalue weighted by atomic mass is 10.2. The Morgan fingerprint density at radius 1 is 1.15 bits per heavy atom. The van der Waals surface area contributed by atoms with Crippen LogP contribution in [0.15, 0.2) is 67.1 Å². The Kier molecular flexibility index (Phi) is 6.71. The van der Waals surface area contributed by atoms with Crippen molar-refractivity contribution in [1.82, 2.24) is 19.7 Å². The molecule has 0 bridgehead atoms. The van der Waals surface area contributed by atoms with E-state index in [1.165, 1.54) is 0 Å². The van der Waals surface area contributed by atoms with Gasteiger partial charge in [0, 0.05) is 32.5 Å². The quantitative estimate of drug-likeness (QED) is 0.586. The predicted octanol–water partition coefficient (Wildman–Crippen LogP) is 2.88. The smallest absolute Gasteiger partial charge is 0.223 e. The number of methoxy groups -OCH3 is 1. The monoisotopic (exact) mass is 364 g/mol. The molecule has 1 aromatic carbocycles. The molecule has 0 saturated carbocycles. The summed E-state index contributed by atoms with van der Waals surface area (Å²) in [6, 6.07) is 15.7.